The van der Waals surface area contributed by atoms with Gasteiger partial charge >= 0.3 is 0 Å². The van der Waals surface area contributed by atoms with E-state index < -0.39 is 5.67 Å². The summed E-state index contributed by atoms with van der Waals surface area (Å²) in [4.78, 5) is 4.38. The molecule has 0 aliphatic carbocycles. The van der Waals surface area contributed by atoms with Crippen LogP contribution in [0.2, 0.25) is 0 Å². The Labute approximate surface area is 101 Å². The minimum absolute atomic E-state index is 0.372. The minimum atomic E-state index is -1.15. The summed E-state index contributed by atoms with van der Waals surface area (Å²) in [7, 11) is 0. The molecule has 0 N–H and O–H groups in total. The van der Waals surface area contributed by atoms with E-state index in [0.29, 0.717) is 32.6 Å². The van der Waals surface area contributed by atoms with E-state index >= 15 is 0 Å². The van der Waals surface area contributed by atoms with Crippen molar-refractivity contribution in [2.45, 2.75) is 38.9 Å². The van der Waals surface area contributed by atoms with Crippen LogP contribution in [0.15, 0.2) is 12.3 Å². The highest BCUT2D eigenvalue weighted by Gasteiger charge is 2.33. The van der Waals surface area contributed by atoms with E-state index in [2.05, 4.69) is 4.98 Å². The van der Waals surface area contributed by atoms with Gasteiger partial charge in [-0.25, -0.2) is 9.37 Å². The van der Waals surface area contributed by atoms with Crippen molar-refractivity contribution in [3.05, 3.63) is 23.8 Å². The molecule has 0 atom stereocenters. The Hall–Kier alpha value is -1.16. The van der Waals surface area contributed by atoms with Gasteiger partial charge < -0.3 is 9.30 Å². The van der Waals surface area contributed by atoms with Crippen molar-refractivity contribution >= 4 is 6.08 Å². The molecule has 0 saturated carbocycles. The maximum atomic E-state index is 14.5. The van der Waals surface area contributed by atoms with Crippen LogP contribution in [0.25, 0.3) is 6.08 Å². The van der Waals surface area contributed by atoms with E-state index in [1.165, 1.54) is 0 Å². The molecule has 3 nitrogen and oxygen atoms in total. The zero-order chi connectivity index (χ0) is 12.3. The Morgan fingerprint density at radius 1 is 1.53 bits per heavy atom. The third-order valence-electron chi connectivity index (χ3n) is 3.09. The van der Waals surface area contributed by atoms with Gasteiger partial charge in [0.2, 0.25) is 0 Å². The molecule has 1 aliphatic rings. The molecule has 1 saturated heterocycles. The molecule has 2 heterocycles. The van der Waals surface area contributed by atoms with E-state index in [1.54, 1.807) is 0 Å². The predicted octanol–water partition coefficient (Wildman–Crippen LogP) is 2.74. The lowest BCUT2D eigenvalue weighted by molar-refractivity contribution is -0.0178. The van der Waals surface area contributed by atoms with Crippen molar-refractivity contribution in [2.24, 2.45) is 0 Å². The number of rotatable bonds is 3. The monoisotopic (exact) mass is 238 g/mol. The van der Waals surface area contributed by atoms with Crippen LogP contribution < -0.4 is 0 Å². The molecular weight excluding hydrogens is 219 g/mol. The summed E-state index contributed by atoms with van der Waals surface area (Å²) in [5.41, 5.74) is -0.226. The molecule has 1 aromatic rings. The van der Waals surface area contributed by atoms with Crippen LogP contribution in [-0.2, 0) is 11.3 Å². The largest absolute Gasteiger partial charge is 0.381 e. The maximum Gasteiger partial charge on any atom is 0.133 e. The van der Waals surface area contributed by atoms with Gasteiger partial charge in [0.25, 0.3) is 0 Å². The summed E-state index contributed by atoms with van der Waals surface area (Å²) in [6.45, 7) is 5.27. The third kappa shape index (κ3) is 2.94. The van der Waals surface area contributed by atoms with Crippen molar-refractivity contribution in [1.29, 1.82) is 0 Å². The molecule has 2 rings (SSSR count). The van der Waals surface area contributed by atoms with E-state index in [-0.39, 0.29) is 0 Å². The molecule has 0 bridgehead atoms. The molecule has 0 aromatic carbocycles. The average molecular weight is 238 g/mol. The summed E-state index contributed by atoms with van der Waals surface area (Å²) in [6.07, 6.45) is 6.69. The van der Waals surface area contributed by atoms with Gasteiger partial charge in [-0.15, -0.1) is 0 Å². The van der Waals surface area contributed by atoms with E-state index in [4.69, 9.17) is 4.74 Å². The van der Waals surface area contributed by atoms with Gasteiger partial charge in [0.1, 0.15) is 11.5 Å². The van der Waals surface area contributed by atoms with Crippen molar-refractivity contribution in [3.8, 4) is 0 Å². The lowest BCUT2D eigenvalue weighted by Crippen LogP contribution is -2.36. The topological polar surface area (TPSA) is 27.1 Å². The number of aryl methyl sites for hydroxylation is 1. The number of aromatic nitrogens is 2. The number of ether oxygens (including phenoxy) is 1. The van der Waals surface area contributed by atoms with E-state index in [9.17, 15) is 4.39 Å². The Morgan fingerprint density at radius 3 is 2.88 bits per heavy atom. The summed E-state index contributed by atoms with van der Waals surface area (Å²) < 4.78 is 21.6. The number of nitrogens with zero attached hydrogens (tertiary/aromatic N) is 2. The second kappa shape index (κ2) is 5.00. The Morgan fingerprint density at radius 2 is 2.24 bits per heavy atom. The molecule has 1 aliphatic heterocycles. The van der Waals surface area contributed by atoms with Crippen LogP contribution in [0.1, 0.15) is 31.3 Å². The molecule has 1 aromatic heterocycles. The molecule has 4 heteroatoms. The van der Waals surface area contributed by atoms with Gasteiger partial charge in [0.05, 0.1) is 12.2 Å². The number of hydrogen-bond donors (Lipinski definition) is 0. The number of hydrogen-bond acceptors (Lipinski definition) is 2. The first-order valence-corrected chi connectivity index (χ1v) is 6.06. The number of halogens is 1. The van der Waals surface area contributed by atoms with Gasteiger partial charge in [0.15, 0.2) is 0 Å². The van der Waals surface area contributed by atoms with Gasteiger partial charge in [0, 0.05) is 32.3 Å². The molecule has 94 valence electrons. The van der Waals surface area contributed by atoms with Crippen molar-refractivity contribution in [3.63, 3.8) is 0 Å². The fourth-order valence-electron chi connectivity index (χ4n) is 2.17. The van der Waals surface area contributed by atoms with Gasteiger partial charge in [-0.1, -0.05) is 6.08 Å². The zero-order valence-corrected chi connectivity index (χ0v) is 10.4. The maximum absolute atomic E-state index is 14.5. The number of alkyl halides is 1. The second-order valence-corrected chi connectivity index (χ2v) is 4.63. The Balaban J connectivity index is 2.16. The first-order valence-electron chi connectivity index (χ1n) is 6.06. The first kappa shape index (κ1) is 12.3. The summed E-state index contributed by atoms with van der Waals surface area (Å²) >= 11 is 0. The van der Waals surface area contributed by atoms with Crippen LogP contribution in [0, 0.1) is 6.92 Å². The van der Waals surface area contributed by atoms with E-state index in [1.807, 2.05) is 36.8 Å². The third-order valence-corrected chi connectivity index (χ3v) is 3.09. The highest BCUT2D eigenvalue weighted by atomic mass is 19.1. The summed E-state index contributed by atoms with van der Waals surface area (Å²) in [5, 5.41) is 0. The summed E-state index contributed by atoms with van der Waals surface area (Å²) in [5.74, 6) is 0.827. The van der Waals surface area contributed by atoms with Crippen molar-refractivity contribution in [2.75, 3.05) is 13.2 Å². The summed E-state index contributed by atoms with van der Waals surface area (Å²) in [6, 6.07) is 0. The molecule has 1 fully saturated rings. The Bertz CT molecular complexity index is 406. The zero-order valence-electron chi connectivity index (χ0n) is 10.4. The molecule has 0 radical (unpaired) electrons. The van der Waals surface area contributed by atoms with E-state index in [0.717, 1.165) is 11.5 Å². The minimum Gasteiger partial charge on any atom is -0.381 e. The van der Waals surface area contributed by atoms with Crippen LogP contribution in [0.5, 0.6) is 0 Å². The predicted molar refractivity (Wildman–Crippen MR) is 65.6 cm³/mol. The number of imidazole rings is 1. The molecule has 0 unspecified atom stereocenters. The van der Waals surface area contributed by atoms with Crippen LogP contribution >= 0.6 is 0 Å². The van der Waals surface area contributed by atoms with Gasteiger partial charge in [-0.3, -0.25) is 0 Å². The fourth-order valence-corrected chi connectivity index (χ4v) is 2.17. The highest BCUT2D eigenvalue weighted by molar-refractivity contribution is 5.40. The second-order valence-electron chi connectivity index (χ2n) is 4.63. The fraction of sp³-hybridized carbons (Fsp3) is 0.615. The standard InChI is InChI=1S/C13H19FN2O/c1-3-4-12-15-11(2)9-16(12)10-13(14)5-7-17-8-6-13/h3-4,9H,5-8,10H2,1-2H3/b4-3-. The van der Waals surface area contributed by atoms with Crippen LogP contribution in [0.4, 0.5) is 4.39 Å². The average Bonchev–Trinajstić information content (AvgIpc) is 2.60. The first-order chi connectivity index (χ1) is 8.13. The SMILES string of the molecule is C/C=C\c1nc(C)cn1CC1(F)CCOCC1. The highest BCUT2D eigenvalue weighted by Crippen LogP contribution is 2.28. The Kier molecular flexibility index (Phi) is 3.62. The molecule has 0 spiro atoms. The molecule has 0 amide bonds. The molecule has 17 heavy (non-hydrogen) atoms. The smallest absolute Gasteiger partial charge is 0.133 e. The normalized spacial score (nSPS) is 19.9. The van der Waals surface area contributed by atoms with Crippen LogP contribution in [-0.4, -0.2) is 28.4 Å². The quantitative estimate of drug-likeness (QED) is 0.809. The molecular formula is C13H19FN2O. The van der Waals surface area contributed by atoms with Crippen molar-refractivity contribution < 1.29 is 9.13 Å². The van der Waals surface area contributed by atoms with Crippen LogP contribution in [0.3, 0.4) is 0 Å². The van der Waals surface area contributed by atoms with Gasteiger partial charge in [-0.2, -0.15) is 0 Å². The van der Waals surface area contributed by atoms with Crippen molar-refractivity contribution in [1.82, 2.24) is 9.55 Å². The number of allylic oxidation sites excluding steroid dienone is 1. The lowest BCUT2D eigenvalue weighted by Gasteiger charge is -2.30. The van der Waals surface area contributed by atoms with Gasteiger partial charge in [-0.05, 0) is 19.9 Å². The lowest BCUT2D eigenvalue weighted by atomic mass is 9.96.